The first-order chi connectivity index (χ1) is 6.57. The van der Waals surface area contributed by atoms with Crippen LogP contribution in [0.25, 0.3) is 0 Å². The van der Waals surface area contributed by atoms with E-state index >= 15 is 0 Å². The summed E-state index contributed by atoms with van der Waals surface area (Å²) in [4.78, 5) is 23.4. The number of rotatable bonds is 3. The molecule has 4 nitrogen and oxygen atoms in total. The van der Waals surface area contributed by atoms with Gasteiger partial charge in [-0.2, -0.15) is 0 Å². The summed E-state index contributed by atoms with van der Waals surface area (Å²) in [7, 11) is -0.939. The summed E-state index contributed by atoms with van der Waals surface area (Å²) >= 11 is 2.15. The molecule has 0 saturated heterocycles. The number of halogens is 1. The maximum Gasteiger partial charge on any atom is 0.417 e. The van der Waals surface area contributed by atoms with E-state index in [9.17, 15) is 9.59 Å². The minimum absolute atomic E-state index is 0.201. The third-order valence-corrected chi connectivity index (χ3v) is 1.82. The van der Waals surface area contributed by atoms with Gasteiger partial charge in [-0.1, -0.05) is 35.7 Å². The van der Waals surface area contributed by atoms with Gasteiger partial charge in [-0.3, -0.25) is 0 Å². The molecule has 0 radical (unpaired) electrons. The maximum atomic E-state index is 10.8. The largest absolute Gasteiger partial charge is 0.461 e. The quantitative estimate of drug-likeness (QED) is 0.256. The van der Waals surface area contributed by atoms with Crippen molar-refractivity contribution in [3.8, 4) is 0 Å². The van der Waals surface area contributed by atoms with E-state index in [0.717, 1.165) is 0 Å². The lowest BCUT2D eigenvalue weighted by molar-refractivity contribution is -0.166. The van der Waals surface area contributed by atoms with Crippen molar-refractivity contribution in [2.45, 2.75) is 20.0 Å². The van der Waals surface area contributed by atoms with Crippen LogP contribution >= 0.6 is 22.6 Å². The fourth-order valence-electron chi connectivity index (χ4n) is 0.491. The number of hydrogen-bond donors (Lipinski definition) is 0. The normalized spacial score (nSPS) is 8.71. The summed E-state index contributed by atoms with van der Waals surface area (Å²) in [5.74, 6) is -1.77. The summed E-state index contributed by atoms with van der Waals surface area (Å²) < 4.78 is 9.10. The molecule has 0 saturated carbocycles. The summed E-state index contributed by atoms with van der Waals surface area (Å²) in [6.45, 7) is 5.90. The predicted octanol–water partition coefficient (Wildman–Crippen LogP) is 1.17. The number of carbonyl (C=O) groups is 2. The van der Waals surface area contributed by atoms with Crippen molar-refractivity contribution in [1.29, 1.82) is 0 Å². The van der Waals surface area contributed by atoms with Gasteiger partial charge in [0, 0.05) is 0 Å². The highest BCUT2D eigenvalue weighted by Crippen LogP contribution is 1.87. The van der Waals surface area contributed by atoms with Crippen molar-refractivity contribution >= 4 is 43.3 Å². The smallest absolute Gasteiger partial charge is 0.417 e. The van der Waals surface area contributed by atoms with Crippen LogP contribution in [-0.4, -0.2) is 38.5 Å². The number of alkyl halides is 1. The van der Waals surface area contributed by atoms with Gasteiger partial charge in [-0.15, -0.1) is 0 Å². The van der Waals surface area contributed by atoms with Crippen LogP contribution in [0.3, 0.4) is 0 Å². The minimum atomic E-state index is -0.939. The van der Waals surface area contributed by atoms with Gasteiger partial charge in [0.1, 0.15) is 0 Å². The van der Waals surface area contributed by atoms with E-state index < -0.39 is 20.7 Å². The van der Waals surface area contributed by atoms with Crippen LogP contribution in [0.1, 0.15) is 6.92 Å². The van der Waals surface area contributed by atoms with Crippen molar-refractivity contribution in [3.63, 3.8) is 0 Å². The molecule has 0 aromatic rings. The molecule has 0 bridgehead atoms. The van der Waals surface area contributed by atoms with Gasteiger partial charge in [0.25, 0.3) is 0 Å². The van der Waals surface area contributed by atoms with E-state index in [2.05, 4.69) is 32.1 Å². The topological polar surface area (TPSA) is 52.6 Å². The van der Waals surface area contributed by atoms with Crippen LogP contribution in [0.5, 0.6) is 0 Å². The monoisotopic (exact) mass is 332 g/mol. The first kappa shape index (κ1) is 16.3. The molecule has 0 amide bonds. The van der Waals surface area contributed by atoms with E-state index in [1.165, 1.54) is 0 Å². The molecule has 0 fully saturated rings. The highest BCUT2D eigenvalue weighted by molar-refractivity contribution is 14.1. The zero-order chi connectivity index (χ0) is 11.6. The standard InChI is InChI=1S/C7H14O4Si.CH3I/c1-4-10-6(8)7(9)11-5-12(2)3;1-2/h12H,4-5H2,1-3H3;1H3. The first-order valence-electron chi connectivity index (χ1n) is 4.29. The summed E-state index contributed by atoms with van der Waals surface area (Å²) in [5, 5.41) is 0. The summed E-state index contributed by atoms with van der Waals surface area (Å²) in [6.07, 6.45) is 0.387. The second-order valence-corrected chi connectivity index (χ2v) is 5.83. The van der Waals surface area contributed by atoms with Gasteiger partial charge in [0.15, 0.2) is 0 Å². The molecule has 0 aromatic carbocycles. The predicted molar refractivity (Wildman–Crippen MR) is 66.4 cm³/mol. The Morgan fingerprint density at radius 3 is 1.93 bits per heavy atom. The highest BCUT2D eigenvalue weighted by Gasteiger charge is 2.16. The minimum Gasteiger partial charge on any atom is -0.461 e. The average Bonchev–Trinajstić information content (AvgIpc) is 2.17. The fourth-order valence-corrected chi connectivity index (χ4v) is 0.976. The molecular weight excluding hydrogens is 315 g/mol. The molecule has 0 N–H and O–H groups in total. The van der Waals surface area contributed by atoms with Crippen molar-refractivity contribution in [2.75, 3.05) is 17.8 Å². The van der Waals surface area contributed by atoms with Crippen molar-refractivity contribution in [2.24, 2.45) is 0 Å². The first-order valence-corrected chi connectivity index (χ1v) is 9.58. The molecule has 0 unspecified atom stereocenters. The zero-order valence-corrected chi connectivity index (χ0v) is 12.3. The van der Waals surface area contributed by atoms with E-state index in [4.69, 9.17) is 0 Å². The molecule has 6 heteroatoms. The Labute approximate surface area is 100 Å². The second-order valence-electron chi connectivity index (χ2n) is 2.71. The van der Waals surface area contributed by atoms with Gasteiger partial charge >= 0.3 is 11.9 Å². The van der Waals surface area contributed by atoms with Gasteiger partial charge in [-0.05, 0) is 11.9 Å². The molecule has 0 heterocycles. The number of carbonyl (C=O) groups excluding carboxylic acids is 2. The Morgan fingerprint density at radius 1 is 1.14 bits per heavy atom. The third kappa shape index (κ3) is 9.97. The van der Waals surface area contributed by atoms with E-state index in [1.807, 2.05) is 18.0 Å². The van der Waals surface area contributed by atoms with Gasteiger partial charge < -0.3 is 9.47 Å². The Hall–Kier alpha value is -0.113. The highest BCUT2D eigenvalue weighted by atomic mass is 127. The van der Waals surface area contributed by atoms with E-state index in [1.54, 1.807) is 6.92 Å². The molecule has 0 aliphatic rings. The lowest BCUT2D eigenvalue weighted by Crippen LogP contribution is -2.24. The van der Waals surface area contributed by atoms with Gasteiger partial charge in [0.2, 0.25) is 0 Å². The summed E-state index contributed by atoms with van der Waals surface area (Å²) in [5.41, 5.74) is 0. The molecule has 0 rings (SSSR count). The Morgan fingerprint density at radius 2 is 1.57 bits per heavy atom. The summed E-state index contributed by atoms with van der Waals surface area (Å²) in [6, 6.07) is 0. The lowest BCUT2D eigenvalue weighted by atomic mass is 10.7. The van der Waals surface area contributed by atoms with Crippen LogP contribution in [0.15, 0.2) is 0 Å². The Kier molecular flexibility index (Phi) is 12.8. The molecule has 0 atom stereocenters. The van der Waals surface area contributed by atoms with Crippen molar-refractivity contribution in [3.05, 3.63) is 0 Å². The second kappa shape index (κ2) is 11.0. The van der Waals surface area contributed by atoms with Crippen molar-refractivity contribution < 1.29 is 19.1 Å². The van der Waals surface area contributed by atoms with Crippen LogP contribution in [0.4, 0.5) is 0 Å². The molecule has 0 spiro atoms. The van der Waals surface area contributed by atoms with E-state index in [-0.39, 0.29) is 6.61 Å². The zero-order valence-electron chi connectivity index (χ0n) is 9.00. The molecule has 84 valence electrons. The maximum absolute atomic E-state index is 10.8. The van der Waals surface area contributed by atoms with E-state index in [0.29, 0.717) is 6.23 Å². The Balaban J connectivity index is 0. The fraction of sp³-hybridized carbons (Fsp3) is 0.750. The van der Waals surface area contributed by atoms with Crippen LogP contribution in [0, 0.1) is 0 Å². The van der Waals surface area contributed by atoms with Crippen LogP contribution in [-0.2, 0) is 19.1 Å². The Bertz CT molecular complexity index is 173. The van der Waals surface area contributed by atoms with Crippen LogP contribution in [0.2, 0.25) is 13.1 Å². The van der Waals surface area contributed by atoms with Crippen molar-refractivity contribution in [1.82, 2.24) is 0 Å². The molecule has 0 aromatic heterocycles. The average molecular weight is 332 g/mol. The molecular formula is C8H17IO4Si. The number of esters is 2. The number of ether oxygens (including phenoxy) is 2. The third-order valence-electron chi connectivity index (χ3n) is 0.990. The van der Waals surface area contributed by atoms with Crippen LogP contribution < -0.4 is 0 Å². The molecule has 0 aliphatic heterocycles. The SMILES string of the molecule is CCOC(=O)C(=O)OC[SiH](C)C.CI. The van der Waals surface area contributed by atoms with Gasteiger partial charge in [0.05, 0.1) is 21.6 Å². The van der Waals surface area contributed by atoms with Gasteiger partial charge in [-0.25, -0.2) is 9.59 Å². The molecule has 14 heavy (non-hydrogen) atoms. The molecule has 0 aliphatic carbocycles. The lowest BCUT2D eigenvalue weighted by Gasteiger charge is -2.04. The number of hydrogen-bond acceptors (Lipinski definition) is 4.